The molecule has 5 nitrogen and oxygen atoms in total. The molecule has 126 valence electrons. The van der Waals surface area contributed by atoms with Crippen LogP contribution in [-0.4, -0.2) is 31.7 Å². The lowest BCUT2D eigenvalue weighted by Gasteiger charge is -2.09. The Hall–Kier alpha value is -2.95. The van der Waals surface area contributed by atoms with Crippen LogP contribution in [0.2, 0.25) is 0 Å². The second kappa shape index (κ2) is 8.06. The van der Waals surface area contributed by atoms with Crippen LogP contribution in [0.5, 0.6) is 23.0 Å². The molecule has 0 saturated heterocycles. The van der Waals surface area contributed by atoms with Crippen molar-refractivity contribution in [1.29, 1.82) is 0 Å². The first-order chi connectivity index (χ1) is 11.6. The monoisotopic (exact) mass is 328 g/mol. The van der Waals surface area contributed by atoms with Gasteiger partial charge in [-0.3, -0.25) is 4.79 Å². The summed E-state index contributed by atoms with van der Waals surface area (Å²) in [5.74, 6) is 1.45. The van der Waals surface area contributed by atoms with Crippen LogP contribution in [0, 0.1) is 0 Å². The highest BCUT2D eigenvalue weighted by Crippen LogP contribution is 2.27. The summed E-state index contributed by atoms with van der Waals surface area (Å²) in [4.78, 5) is 12.4. The fraction of sp³-hybridized carbons (Fsp3) is 0.211. The Bertz CT molecular complexity index is 749. The van der Waals surface area contributed by atoms with E-state index in [0.717, 1.165) is 5.56 Å². The van der Waals surface area contributed by atoms with Gasteiger partial charge in [0.15, 0.2) is 5.78 Å². The Labute approximate surface area is 141 Å². The molecule has 0 aliphatic heterocycles. The number of phenolic OH excluding ortho intramolecular Hbond substituents is 1. The SMILES string of the molecule is CCOc1cc(OC)ccc1C=CC(=O)c1ccc(O)cc1OC. The Morgan fingerprint density at radius 1 is 1.08 bits per heavy atom. The van der Waals surface area contributed by atoms with E-state index >= 15 is 0 Å². The summed E-state index contributed by atoms with van der Waals surface area (Å²) in [5, 5.41) is 9.47. The van der Waals surface area contributed by atoms with Gasteiger partial charge in [0.2, 0.25) is 0 Å². The molecule has 0 fully saturated rings. The van der Waals surface area contributed by atoms with Gasteiger partial charge in [0.25, 0.3) is 0 Å². The van der Waals surface area contributed by atoms with Gasteiger partial charge in [-0.05, 0) is 43.3 Å². The van der Waals surface area contributed by atoms with Gasteiger partial charge in [0, 0.05) is 17.7 Å². The Morgan fingerprint density at radius 2 is 1.88 bits per heavy atom. The standard InChI is InChI=1S/C19H20O5/c1-4-24-18-12-15(22-2)8-5-13(18)6-10-17(21)16-9-7-14(20)11-19(16)23-3/h5-12,20H,4H2,1-3H3. The molecule has 0 aliphatic carbocycles. The Balaban J connectivity index is 2.29. The van der Waals surface area contributed by atoms with Gasteiger partial charge >= 0.3 is 0 Å². The van der Waals surface area contributed by atoms with Crippen molar-refractivity contribution in [1.82, 2.24) is 0 Å². The largest absolute Gasteiger partial charge is 0.508 e. The normalized spacial score (nSPS) is 10.6. The lowest BCUT2D eigenvalue weighted by Crippen LogP contribution is -1.99. The van der Waals surface area contributed by atoms with Gasteiger partial charge < -0.3 is 19.3 Å². The van der Waals surface area contributed by atoms with E-state index in [0.29, 0.717) is 29.4 Å². The highest BCUT2D eigenvalue weighted by Gasteiger charge is 2.11. The van der Waals surface area contributed by atoms with E-state index in [1.165, 1.54) is 31.4 Å². The molecule has 0 atom stereocenters. The van der Waals surface area contributed by atoms with Gasteiger partial charge in [0.1, 0.15) is 23.0 Å². The molecule has 5 heteroatoms. The number of benzene rings is 2. The number of carbonyl (C=O) groups excluding carboxylic acids is 1. The van der Waals surface area contributed by atoms with Crippen molar-refractivity contribution < 1.29 is 24.1 Å². The second-order valence-corrected chi connectivity index (χ2v) is 4.92. The van der Waals surface area contributed by atoms with Crippen LogP contribution in [0.25, 0.3) is 6.08 Å². The molecule has 0 unspecified atom stereocenters. The van der Waals surface area contributed by atoms with Gasteiger partial charge in [-0.2, -0.15) is 0 Å². The second-order valence-electron chi connectivity index (χ2n) is 4.92. The van der Waals surface area contributed by atoms with Crippen molar-refractivity contribution in [2.75, 3.05) is 20.8 Å². The lowest BCUT2D eigenvalue weighted by molar-refractivity contribution is 0.104. The molecule has 0 heterocycles. The van der Waals surface area contributed by atoms with Crippen molar-refractivity contribution in [3.05, 3.63) is 53.6 Å². The predicted octanol–water partition coefficient (Wildman–Crippen LogP) is 3.70. The number of hydrogen-bond acceptors (Lipinski definition) is 5. The molecule has 0 aromatic heterocycles. The van der Waals surface area contributed by atoms with Gasteiger partial charge in [-0.25, -0.2) is 0 Å². The van der Waals surface area contributed by atoms with Gasteiger partial charge in [-0.15, -0.1) is 0 Å². The van der Waals surface area contributed by atoms with Gasteiger partial charge in [0.05, 0.1) is 26.4 Å². The first-order valence-corrected chi connectivity index (χ1v) is 7.49. The summed E-state index contributed by atoms with van der Waals surface area (Å²) in [6, 6.07) is 9.77. The molecular weight excluding hydrogens is 308 g/mol. The topological polar surface area (TPSA) is 65.0 Å². The van der Waals surface area contributed by atoms with Crippen LogP contribution in [-0.2, 0) is 0 Å². The molecule has 0 spiro atoms. The number of ketones is 1. The fourth-order valence-electron chi connectivity index (χ4n) is 2.20. The molecular formula is C19H20O5. The Morgan fingerprint density at radius 3 is 2.54 bits per heavy atom. The van der Waals surface area contributed by atoms with E-state index in [1.807, 2.05) is 13.0 Å². The van der Waals surface area contributed by atoms with Gasteiger partial charge in [-0.1, -0.05) is 0 Å². The zero-order chi connectivity index (χ0) is 17.5. The number of hydrogen-bond donors (Lipinski definition) is 1. The molecule has 1 N–H and O–H groups in total. The zero-order valence-corrected chi connectivity index (χ0v) is 13.9. The maximum atomic E-state index is 12.4. The molecule has 0 aliphatic rings. The third-order valence-electron chi connectivity index (χ3n) is 3.39. The number of ether oxygens (including phenoxy) is 3. The molecule has 24 heavy (non-hydrogen) atoms. The zero-order valence-electron chi connectivity index (χ0n) is 13.9. The van der Waals surface area contributed by atoms with Crippen molar-refractivity contribution in [2.24, 2.45) is 0 Å². The van der Waals surface area contributed by atoms with Crippen molar-refractivity contribution in [3.8, 4) is 23.0 Å². The first-order valence-electron chi connectivity index (χ1n) is 7.49. The van der Waals surface area contributed by atoms with Crippen LogP contribution in [0.4, 0.5) is 0 Å². The third kappa shape index (κ3) is 4.07. The number of aromatic hydroxyl groups is 1. The molecule has 2 rings (SSSR count). The average molecular weight is 328 g/mol. The molecule has 0 amide bonds. The lowest BCUT2D eigenvalue weighted by atomic mass is 10.1. The summed E-state index contributed by atoms with van der Waals surface area (Å²) >= 11 is 0. The van der Waals surface area contributed by atoms with Crippen LogP contribution in [0.3, 0.4) is 0 Å². The van der Waals surface area contributed by atoms with Crippen molar-refractivity contribution in [2.45, 2.75) is 6.92 Å². The van der Waals surface area contributed by atoms with E-state index in [1.54, 1.807) is 25.3 Å². The van der Waals surface area contributed by atoms with E-state index in [9.17, 15) is 9.90 Å². The highest BCUT2D eigenvalue weighted by atomic mass is 16.5. The minimum atomic E-state index is -0.231. The Kier molecular flexibility index (Phi) is 5.84. The molecule has 2 aromatic carbocycles. The summed E-state index contributed by atoms with van der Waals surface area (Å²) in [6.07, 6.45) is 3.12. The maximum Gasteiger partial charge on any atom is 0.189 e. The van der Waals surface area contributed by atoms with E-state index in [4.69, 9.17) is 14.2 Å². The number of rotatable bonds is 7. The molecule has 0 radical (unpaired) electrons. The quantitative estimate of drug-likeness (QED) is 0.620. The molecule has 0 saturated carbocycles. The van der Waals surface area contributed by atoms with Crippen LogP contribution >= 0.6 is 0 Å². The van der Waals surface area contributed by atoms with Crippen LogP contribution < -0.4 is 14.2 Å². The minimum absolute atomic E-state index is 0.0427. The van der Waals surface area contributed by atoms with Crippen molar-refractivity contribution in [3.63, 3.8) is 0 Å². The maximum absolute atomic E-state index is 12.4. The fourth-order valence-corrected chi connectivity index (χ4v) is 2.20. The van der Waals surface area contributed by atoms with E-state index in [-0.39, 0.29) is 11.5 Å². The number of carbonyl (C=O) groups is 1. The number of methoxy groups -OCH3 is 2. The smallest absolute Gasteiger partial charge is 0.189 e. The van der Waals surface area contributed by atoms with Crippen LogP contribution in [0.15, 0.2) is 42.5 Å². The minimum Gasteiger partial charge on any atom is -0.508 e. The number of phenols is 1. The molecule has 0 bridgehead atoms. The molecule has 2 aromatic rings. The third-order valence-corrected chi connectivity index (χ3v) is 3.39. The van der Waals surface area contributed by atoms with E-state index in [2.05, 4.69) is 0 Å². The highest BCUT2D eigenvalue weighted by molar-refractivity contribution is 6.08. The van der Waals surface area contributed by atoms with Crippen molar-refractivity contribution >= 4 is 11.9 Å². The summed E-state index contributed by atoms with van der Waals surface area (Å²) < 4.78 is 15.9. The number of allylic oxidation sites excluding steroid dienone is 1. The van der Waals surface area contributed by atoms with E-state index < -0.39 is 0 Å². The van der Waals surface area contributed by atoms with Crippen LogP contribution in [0.1, 0.15) is 22.8 Å². The predicted molar refractivity (Wildman–Crippen MR) is 92.2 cm³/mol. The summed E-state index contributed by atoms with van der Waals surface area (Å²) in [7, 11) is 3.03. The summed E-state index contributed by atoms with van der Waals surface area (Å²) in [6.45, 7) is 2.40. The average Bonchev–Trinajstić information content (AvgIpc) is 2.60. The summed E-state index contributed by atoms with van der Waals surface area (Å²) in [5.41, 5.74) is 1.14. The first kappa shape index (κ1) is 17.4.